The molecular weight excluding hydrogens is 296 g/mol. The lowest BCUT2D eigenvalue weighted by atomic mass is 9.93. The topological polar surface area (TPSA) is 16.1 Å². The summed E-state index contributed by atoms with van der Waals surface area (Å²) in [6, 6.07) is 0. The van der Waals surface area contributed by atoms with Gasteiger partial charge in [-0.3, -0.25) is 4.90 Å². The van der Waals surface area contributed by atoms with E-state index in [1.165, 1.54) is 17.1 Å². The number of aromatic nitrogens is 1. The van der Waals surface area contributed by atoms with Crippen molar-refractivity contribution in [2.75, 3.05) is 18.4 Å². The van der Waals surface area contributed by atoms with Gasteiger partial charge in [-0.2, -0.15) is 0 Å². The summed E-state index contributed by atoms with van der Waals surface area (Å²) in [5.41, 5.74) is 1.39. The van der Waals surface area contributed by atoms with Gasteiger partial charge in [0.2, 0.25) is 0 Å². The molecule has 1 aromatic heterocycles. The largest absolute Gasteiger partial charge is 0.297 e. The summed E-state index contributed by atoms with van der Waals surface area (Å²) < 4.78 is 0. The molecular formula is C13H23BrN2S. The van der Waals surface area contributed by atoms with Crippen LogP contribution in [0.2, 0.25) is 0 Å². The van der Waals surface area contributed by atoms with Gasteiger partial charge in [0.15, 0.2) is 0 Å². The van der Waals surface area contributed by atoms with E-state index in [9.17, 15) is 0 Å². The van der Waals surface area contributed by atoms with Gasteiger partial charge < -0.3 is 0 Å². The van der Waals surface area contributed by atoms with Gasteiger partial charge in [0, 0.05) is 16.1 Å². The van der Waals surface area contributed by atoms with Crippen LogP contribution < -0.4 is 0 Å². The fourth-order valence-electron chi connectivity index (χ4n) is 1.55. The van der Waals surface area contributed by atoms with Crippen LogP contribution in [0.25, 0.3) is 0 Å². The molecule has 0 spiro atoms. The van der Waals surface area contributed by atoms with E-state index in [2.05, 4.69) is 53.9 Å². The van der Waals surface area contributed by atoms with Crippen LogP contribution in [-0.4, -0.2) is 28.3 Å². The van der Waals surface area contributed by atoms with Crippen molar-refractivity contribution in [1.29, 1.82) is 0 Å². The summed E-state index contributed by atoms with van der Waals surface area (Å²) in [5.74, 6) is 0. The van der Waals surface area contributed by atoms with E-state index in [1.807, 2.05) is 0 Å². The summed E-state index contributed by atoms with van der Waals surface area (Å²) >= 11 is 5.27. The average molecular weight is 319 g/mol. The van der Waals surface area contributed by atoms with Crippen molar-refractivity contribution < 1.29 is 0 Å². The molecule has 0 amide bonds. The van der Waals surface area contributed by atoms with Crippen molar-refractivity contribution in [3.05, 3.63) is 16.1 Å². The van der Waals surface area contributed by atoms with Crippen LogP contribution in [-0.2, 0) is 12.0 Å². The van der Waals surface area contributed by atoms with Crippen molar-refractivity contribution in [2.45, 2.75) is 46.1 Å². The number of nitrogens with zero attached hydrogens (tertiary/aromatic N) is 2. The van der Waals surface area contributed by atoms with E-state index < -0.39 is 0 Å². The number of hydrogen-bond acceptors (Lipinski definition) is 3. The molecule has 0 aromatic carbocycles. The van der Waals surface area contributed by atoms with Crippen molar-refractivity contribution in [3.63, 3.8) is 0 Å². The summed E-state index contributed by atoms with van der Waals surface area (Å²) in [4.78, 5) is 7.19. The van der Waals surface area contributed by atoms with Crippen molar-refractivity contribution in [3.8, 4) is 0 Å². The molecule has 0 atom stereocenters. The van der Waals surface area contributed by atoms with Gasteiger partial charge in [0.25, 0.3) is 0 Å². The Morgan fingerprint density at radius 3 is 2.59 bits per heavy atom. The molecule has 0 bridgehead atoms. The molecule has 0 N–H and O–H groups in total. The molecule has 98 valence electrons. The predicted octanol–water partition coefficient (Wildman–Crippen LogP) is 4.05. The monoisotopic (exact) mass is 318 g/mol. The average Bonchev–Trinajstić information content (AvgIpc) is 2.72. The van der Waals surface area contributed by atoms with Crippen LogP contribution in [0.5, 0.6) is 0 Å². The maximum atomic E-state index is 4.74. The maximum Gasteiger partial charge on any atom is 0.107 e. The number of thiazole rings is 1. The Labute approximate surface area is 118 Å². The summed E-state index contributed by atoms with van der Waals surface area (Å²) in [7, 11) is 0. The zero-order chi connectivity index (χ0) is 12.9. The van der Waals surface area contributed by atoms with E-state index in [0.717, 1.165) is 25.0 Å². The number of halogens is 1. The fourth-order valence-corrected chi connectivity index (χ4v) is 2.86. The number of alkyl halides is 1. The minimum absolute atomic E-state index is 0.168. The second-order valence-corrected chi connectivity index (χ2v) is 7.02. The molecule has 0 fully saturated rings. The highest BCUT2D eigenvalue weighted by atomic mass is 79.9. The second kappa shape index (κ2) is 6.86. The lowest BCUT2D eigenvalue weighted by Crippen LogP contribution is -2.24. The molecule has 0 saturated carbocycles. The van der Waals surface area contributed by atoms with Crippen LogP contribution in [0.4, 0.5) is 0 Å². The minimum Gasteiger partial charge on any atom is -0.297 e. The maximum absolute atomic E-state index is 4.74. The normalized spacial score (nSPS) is 12.4. The first-order valence-electron chi connectivity index (χ1n) is 6.20. The molecule has 0 radical (unpaired) electrons. The SMILES string of the molecule is CCN(CCCBr)Cc1nc(C(C)(C)C)cs1. The van der Waals surface area contributed by atoms with E-state index in [0.29, 0.717) is 0 Å². The molecule has 0 aliphatic carbocycles. The molecule has 2 nitrogen and oxygen atoms in total. The highest BCUT2D eigenvalue weighted by molar-refractivity contribution is 9.09. The Hall–Kier alpha value is 0.0700. The number of hydrogen-bond donors (Lipinski definition) is 0. The molecule has 17 heavy (non-hydrogen) atoms. The summed E-state index contributed by atoms with van der Waals surface area (Å²) in [5, 5.41) is 4.52. The van der Waals surface area contributed by atoms with Crippen LogP contribution in [0.15, 0.2) is 5.38 Å². The minimum atomic E-state index is 0.168. The van der Waals surface area contributed by atoms with Gasteiger partial charge in [-0.25, -0.2) is 4.98 Å². The molecule has 0 saturated heterocycles. The van der Waals surface area contributed by atoms with Crippen LogP contribution >= 0.6 is 27.3 Å². The Morgan fingerprint density at radius 2 is 2.12 bits per heavy atom. The van der Waals surface area contributed by atoms with Gasteiger partial charge in [0.1, 0.15) is 5.01 Å². The Bertz CT molecular complexity index is 330. The highest BCUT2D eigenvalue weighted by Crippen LogP contribution is 2.24. The van der Waals surface area contributed by atoms with Crippen molar-refractivity contribution >= 4 is 27.3 Å². The zero-order valence-electron chi connectivity index (χ0n) is 11.3. The molecule has 4 heteroatoms. The van der Waals surface area contributed by atoms with E-state index in [4.69, 9.17) is 4.98 Å². The Balaban J connectivity index is 2.58. The van der Waals surface area contributed by atoms with Crippen LogP contribution in [0.1, 0.15) is 44.8 Å². The van der Waals surface area contributed by atoms with Gasteiger partial charge in [0.05, 0.1) is 12.2 Å². The van der Waals surface area contributed by atoms with Gasteiger partial charge in [-0.15, -0.1) is 11.3 Å². The first kappa shape index (κ1) is 15.1. The molecule has 0 aliphatic rings. The van der Waals surface area contributed by atoms with Gasteiger partial charge in [-0.1, -0.05) is 43.6 Å². The standard InChI is InChI=1S/C13H23BrN2S/c1-5-16(8-6-7-14)9-12-15-11(10-17-12)13(2,3)4/h10H,5-9H2,1-4H3. The quantitative estimate of drug-likeness (QED) is 0.736. The molecule has 1 rings (SSSR count). The van der Waals surface area contributed by atoms with E-state index >= 15 is 0 Å². The lowest BCUT2D eigenvalue weighted by Gasteiger charge is -2.18. The first-order chi connectivity index (χ1) is 7.97. The van der Waals surface area contributed by atoms with Crippen LogP contribution in [0, 0.1) is 0 Å². The Morgan fingerprint density at radius 1 is 1.41 bits per heavy atom. The molecule has 1 aromatic rings. The third-order valence-electron chi connectivity index (χ3n) is 2.73. The molecule has 1 heterocycles. The lowest BCUT2D eigenvalue weighted by molar-refractivity contribution is 0.281. The van der Waals surface area contributed by atoms with E-state index in [-0.39, 0.29) is 5.41 Å². The smallest absolute Gasteiger partial charge is 0.107 e. The van der Waals surface area contributed by atoms with E-state index in [1.54, 1.807) is 11.3 Å². The molecule has 0 unspecified atom stereocenters. The van der Waals surface area contributed by atoms with Gasteiger partial charge >= 0.3 is 0 Å². The van der Waals surface area contributed by atoms with Crippen molar-refractivity contribution in [2.24, 2.45) is 0 Å². The molecule has 0 aliphatic heterocycles. The van der Waals surface area contributed by atoms with Gasteiger partial charge in [-0.05, 0) is 19.5 Å². The highest BCUT2D eigenvalue weighted by Gasteiger charge is 2.17. The summed E-state index contributed by atoms with van der Waals surface area (Å²) in [6.45, 7) is 12.1. The predicted molar refractivity (Wildman–Crippen MR) is 80.2 cm³/mol. The fraction of sp³-hybridized carbons (Fsp3) is 0.769. The summed E-state index contributed by atoms with van der Waals surface area (Å²) in [6.07, 6.45) is 1.20. The number of rotatable bonds is 6. The van der Waals surface area contributed by atoms with Crippen LogP contribution in [0.3, 0.4) is 0 Å². The first-order valence-corrected chi connectivity index (χ1v) is 8.20. The van der Waals surface area contributed by atoms with Crippen molar-refractivity contribution in [1.82, 2.24) is 9.88 Å². The Kier molecular flexibility index (Phi) is 6.10. The zero-order valence-corrected chi connectivity index (χ0v) is 13.7. The third kappa shape index (κ3) is 5.06. The second-order valence-electron chi connectivity index (χ2n) is 5.29. The third-order valence-corrected chi connectivity index (χ3v) is 4.13.